The molecule has 0 spiro atoms. The van der Waals surface area contributed by atoms with Gasteiger partial charge in [0.1, 0.15) is 6.54 Å². The Hall–Kier alpha value is -3.09. The van der Waals surface area contributed by atoms with Crippen LogP contribution in [0.25, 0.3) is 0 Å². The van der Waals surface area contributed by atoms with Crippen molar-refractivity contribution in [2.45, 2.75) is 45.3 Å². The van der Waals surface area contributed by atoms with Crippen LogP contribution in [0.5, 0.6) is 0 Å². The molecule has 0 aromatic carbocycles. The van der Waals surface area contributed by atoms with Gasteiger partial charge in [0, 0.05) is 32.7 Å². The van der Waals surface area contributed by atoms with Crippen LogP contribution in [-0.2, 0) is 6.54 Å². The lowest BCUT2D eigenvalue weighted by atomic mass is 10.0. The molecule has 10 nitrogen and oxygen atoms in total. The van der Waals surface area contributed by atoms with Gasteiger partial charge in [-0.05, 0) is 6.92 Å². The van der Waals surface area contributed by atoms with Crippen LogP contribution in [-0.4, -0.2) is 43.3 Å². The van der Waals surface area contributed by atoms with E-state index in [0.717, 1.165) is 0 Å². The molecule has 2 aromatic rings. The first-order valence-electron chi connectivity index (χ1n) is 7.88. The number of nitrogens with one attached hydrogen (secondary N) is 1. The summed E-state index contributed by atoms with van der Waals surface area (Å²) in [7, 11) is 0. The number of aryl methyl sites for hydroxylation is 1. The fraction of sp³-hybridized carbons (Fsp3) is 0.533. The lowest BCUT2D eigenvalue weighted by Crippen LogP contribution is -2.29. The van der Waals surface area contributed by atoms with Gasteiger partial charge in [0.15, 0.2) is 11.4 Å². The van der Waals surface area contributed by atoms with Crippen LogP contribution < -0.4 is 5.32 Å². The zero-order valence-electron chi connectivity index (χ0n) is 14.1. The number of rotatable bonds is 8. The quantitative estimate of drug-likeness (QED) is 0.714. The summed E-state index contributed by atoms with van der Waals surface area (Å²) in [5.74, 6) is 3.16. The van der Waals surface area contributed by atoms with Gasteiger partial charge in [0.05, 0.1) is 5.69 Å². The van der Waals surface area contributed by atoms with Gasteiger partial charge in [-0.1, -0.05) is 5.21 Å². The van der Waals surface area contributed by atoms with E-state index < -0.39 is 5.66 Å². The molecular weight excluding hydrogens is 324 g/mol. The highest BCUT2D eigenvalue weighted by atomic mass is 16.4. The first kappa shape index (κ1) is 16.8. The SMILES string of the molecule is C#CCCC1(CCNC(=O)c2nnn(Cc3nnc(C)o3)c2C)N=N1. The minimum absolute atomic E-state index is 0.263. The molecule has 0 aliphatic carbocycles. The number of carbonyl (C=O) groups is 1. The van der Waals surface area contributed by atoms with Crippen molar-refractivity contribution in [1.29, 1.82) is 0 Å². The molecule has 10 heteroatoms. The summed E-state index contributed by atoms with van der Waals surface area (Å²) in [6, 6.07) is 0. The topological polar surface area (TPSA) is 123 Å². The zero-order chi connectivity index (χ0) is 17.9. The van der Waals surface area contributed by atoms with Crippen molar-refractivity contribution in [2.24, 2.45) is 10.2 Å². The maximum Gasteiger partial charge on any atom is 0.273 e. The smallest absolute Gasteiger partial charge is 0.273 e. The van der Waals surface area contributed by atoms with Crippen molar-refractivity contribution in [2.75, 3.05) is 6.54 Å². The third kappa shape index (κ3) is 3.88. The van der Waals surface area contributed by atoms with Crippen LogP contribution in [0.4, 0.5) is 0 Å². The zero-order valence-corrected chi connectivity index (χ0v) is 14.1. The Kier molecular flexibility index (Phi) is 4.56. The Morgan fingerprint density at radius 1 is 1.28 bits per heavy atom. The van der Waals surface area contributed by atoms with E-state index >= 15 is 0 Å². The summed E-state index contributed by atoms with van der Waals surface area (Å²) in [6.07, 6.45) is 7.20. The number of hydrogen-bond donors (Lipinski definition) is 1. The highest BCUT2D eigenvalue weighted by molar-refractivity contribution is 5.93. The summed E-state index contributed by atoms with van der Waals surface area (Å²) >= 11 is 0. The molecule has 1 aliphatic rings. The molecular formula is C15H18N8O2. The van der Waals surface area contributed by atoms with Gasteiger partial charge in [-0.2, -0.15) is 10.2 Å². The second-order valence-electron chi connectivity index (χ2n) is 5.79. The standard InChI is InChI=1S/C15H18N8O2/c1-4-5-6-15(20-21-15)7-8-16-14(24)13-10(2)23(22-19-13)9-12-18-17-11(3)25-12/h1H,5-9H2,2-3H3,(H,16,24). The molecule has 0 radical (unpaired) electrons. The maximum atomic E-state index is 12.3. The van der Waals surface area contributed by atoms with E-state index in [1.807, 2.05) is 0 Å². The molecule has 0 unspecified atom stereocenters. The molecule has 0 fully saturated rings. The predicted molar refractivity (Wildman–Crippen MR) is 85.5 cm³/mol. The van der Waals surface area contributed by atoms with Crippen LogP contribution in [0.2, 0.25) is 0 Å². The molecule has 0 saturated heterocycles. The van der Waals surface area contributed by atoms with Crippen LogP contribution >= 0.6 is 0 Å². The van der Waals surface area contributed by atoms with Crippen molar-refractivity contribution in [3.63, 3.8) is 0 Å². The lowest BCUT2D eigenvalue weighted by molar-refractivity contribution is 0.0946. The van der Waals surface area contributed by atoms with Crippen LogP contribution in [0.1, 0.15) is 47.2 Å². The normalized spacial score (nSPS) is 14.3. The van der Waals surface area contributed by atoms with Crippen molar-refractivity contribution < 1.29 is 9.21 Å². The fourth-order valence-electron chi connectivity index (χ4n) is 2.38. The molecule has 3 rings (SSSR count). The molecule has 2 aromatic heterocycles. The molecule has 0 saturated carbocycles. The van der Waals surface area contributed by atoms with Gasteiger partial charge in [-0.15, -0.1) is 27.6 Å². The Labute approximate surface area is 144 Å². The van der Waals surface area contributed by atoms with E-state index in [2.05, 4.69) is 42.0 Å². The largest absolute Gasteiger partial charge is 0.424 e. The van der Waals surface area contributed by atoms with E-state index in [9.17, 15) is 4.79 Å². The second kappa shape index (κ2) is 6.80. The number of aromatic nitrogens is 5. The maximum absolute atomic E-state index is 12.3. The van der Waals surface area contributed by atoms with Gasteiger partial charge >= 0.3 is 0 Å². The Balaban J connectivity index is 1.53. The minimum atomic E-state index is -0.415. The van der Waals surface area contributed by atoms with Crippen molar-refractivity contribution in [3.05, 3.63) is 23.2 Å². The van der Waals surface area contributed by atoms with E-state index in [4.69, 9.17) is 10.8 Å². The number of terminal acetylenes is 1. The first-order chi connectivity index (χ1) is 12.0. The average molecular weight is 342 g/mol. The third-order valence-corrected chi connectivity index (χ3v) is 3.91. The summed E-state index contributed by atoms with van der Waals surface area (Å²) in [5, 5.41) is 26.5. The third-order valence-electron chi connectivity index (χ3n) is 3.91. The van der Waals surface area contributed by atoms with Crippen molar-refractivity contribution in [3.8, 4) is 12.3 Å². The molecule has 1 aliphatic heterocycles. The summed E-state index contributed by atoms with van der Waals surface area (Å²) in [5.41, 5.74) is 0.469. The van der Waals surface area contributed by atoms with Gasteiger partial charge in [0.2, 0.25) is 11.8 Å². The average Bonchev–Trinajstić information content (AvgIpc) is 3.09. The number of nitrogens with zero attached hydrogens (tertiary/aromatic N) is 7. The Morgan fingerprint density at radius 2 is 2.08 bits per heavy atom. The molecule has 0 atom stereocenters. The van der Waals surface area contributed by atoms with E-state index in [0.29, 0.717) is 43.3 Å². The molecule has 3 heterocycles. The predicted octanol–water partition coefficient (Wildman–Crippen LogP) is 1.02. The summed E-state index contributed by atoms with van der Waals surface area (Å²) in [6.45, 7) is 4.17. The molecule has 130 valence electrons. The first-order valence-corrected chi connectivity index (χ1v) is 7.88. The molecule has 1 N–H and O–H groups in total. The van der Waals surface area contributed by atoms with E-state index in [1.54, 1.807) is 18.5 Å². The fourth-order valence-corrected chi connectivity index (χ4v) is 2.38. The van der Waals surface area contributed by atoms with Gasteiger partial charge in [-0.3, -0.25) is 4.79 Å². The highest BCUT2D eigenvalue weighted by Gasteiger charge is 2.38. The monoisotopic (exact) mass is 342 g/mol. The lowest BCUT2D eigenvalue weighted by Gasteiger charge is -2.09. The molecule has 0 bridgehead atoms. The highest BCUT2D eigenvalue weighted by Crippen LogP contribution is 2.36. The van der Waals surface area contributed by atoms with Crippen LogP contribution in [0.3, 0.4) is 0 Å². The Morgan fingerprint density at radius 3 is 2.72 bits per heavy atom. The number of hydrogen-bond acceptors (Lipinski definition) is 8. The minimum Gasteiger partial charge on any atom is -0.424 e. The van der Waals surface area contributed by atoms with Crippen molar-refractivity contribution in [1.82, 2.24) is 30.5 Å². The van der Waals surface area contributed by atoms with Gasteiger partial charge < -0.3 is 9.73 Å². The van der Waals surface area contributed by atoms with E-state index in [-0.39, 0.29) is 18.1 Å². The van der Waals surface area contributed by atoms with Crippen LogP contribution in [0.15, 0.2) is 14.6 Å². The number of amides is 1. The summed E-state index contributed by atoms with van der Waals surface area (Å²) in [4.78, 5) is 12.3. The van der Waals surface area contributed by atoms with Gasteiger partial charge in [-0.25, -0.2) is 4.68 Å². The molecule has 25 heavy (non-hydrogen) atoms. The summed E-state index contributed by atoms with van der Waals surface area (Å²) < 4.78 is 6.85. The molecule has 1 amide bonds. The second-order valence-corrected chi connectivity index (χ2v) is 5.79. The van der Waals surface area contributed by atoms with Crippen LogP contribution in [0, 0.1) is 26.2 Å². The van der Waals surface area contributed by atoms with E-state index in [1.165, 1.54) is 0 Å². The Bertz CT molecular complexity index is 838. The van der Waals surface area contributed by atoms with Crippen molar-refractivity contribution >= 4 is 5.91 Å². The van der Waals surface area contributed by atoms with Gasteiger partial charge in [0.25, 0.3) is 5.91 Å². The number of carbonyl (C=O) groups excluding carboxylic acids is 1.